The van der Waals surface area contributed by atoms with Crippen molar-refractivity contribution < 1.29 is 19.4 Å². The van der Waals surface area contributed by atoms with Gasteiger partial charge in [0.2, 0.25) is 0 Å². The zero-order valence-electron chi connectivity index (χ0n) is 16.8. The molecule has 1 unspecified atom stereocenters. The highest BCUT2D eigenvalue weighted by atomic mass is 35.5. The average Bonchev–Trinajstić information content (AvgIpc) is 2.65. The highest BCUT2D eigenvalue weighted by molar-refractivity contribution is 6.42. The maximum atomic E-state index is 12.6. The second-order valence-electron chi connectivity index (χ2n) is 7.57. The number of likely N-dealkylation sites (N-methyl/N-ethyl adjacent to an activating group) is 1. The second kappa shape index (κ2) is 11.6. The third-order valence-corrected chi connectivity index (χ3v) is 5.77. The molecule has 1 saturated heterocycles. The summed E-state index contributed by atoms with van der Waals surface area (Å²) in [6, 6.07) is 5.58. The van der Waals surface area contributed by atoms with Gasteiger partial charge in [-0.1, -0.05) is 42.6 Å². The molecule has 0 aliphatic carbocycles. The fourth-order valence-electron chi connectivity index (χ4n) is 3.37. The van der Waals surface area contributed by atoms with Crippen LogP contribution in [0, 0.1) is 0 Å². The minimum atomic E-state index is 0.106. The van der Waals surface area contributed by atoms with Gasteiger partial charge < -0.3 is 20.0 Å². The molecule has 28 heavy (non-hydrogen) atoms. The summed E-state index contributed by atoms with van der Waals surface area (Å²) >= 11 is 12.0. The molecule has 2 rings (SSSR count). The first kappa shape index (κ1) is 22.9. The van der Waals surface area contributed by atoms with Crippen molar-refractivity contribution in [2.24, 2.45) is 0 Å². The van der Waals surface area contributed by atoms with Gasteiger partial charge in [-0.25, -0.2) is 0 Å². The molecule has 2 amide bonds. The number of nitrogens with zero attached hydrogens (tertiary/aromatic N) is 1. The van der Waals surface area contributed by atoms with Gasteiger partial charge in [0.25, 0.3) is 11.8 Å². The van der Waals surface area contributed by atoms with Crippen LogP contribution >= 0.6 is 23.2 Å². The van der Waals surface area contributed by atoms with E-state index in [2.05, 4.69) is 12.2 Å². The number of hydrogen-bond acceptors (Lipinski definition) is 2. The van der Waals surface area contributed by atoms with E-state index >= 15 is 0 Å². The van der Waals surface area contributed by atoms with Crippen LogP contribution in [0.15, 0.2) is 18.2 Å². The lowest BCUT2D eigenvalue weighted by Gasteiger charge is -2.32. The van der Waals surface area contributed by atoms with Crippen LogP contribution in [0.25, 0.3) is 0 Å². The minimum absolute atomic E-state index is 0.106. The number of carbonyl (C=O) groups excluding carboxylic acids is 2. The largest absolute Gasteiger partial charge is 0.351 e. The summed E-state index contributed by atoms with van der Waals surface area (Å²) in [5.74, 6) is 0.262. The molecule has 1 atom stereocenters. The molecule has 0 radical (unpaired) electrons. The first-order chi connectivity index (χ1) is 13.4. The van der Waals surface area contributed by atoms with Gasteiger partial charge in [-0.05, 0) is 18.6 Å². The number of hydrogen-bond donors (Lipinski definition) is 3. The topological polar surface area (TPSA) is 58.3 Å². The smallest absolute Gasteiger partial charge is 0.278 e. The second-order valence-corrected chi connectivity index (χ2v) is 8.38. The Hall–Kier alpha value is -1.34. The molecule has 1 fully saturated rings. The maximum Gasteiger partial charge on any atom is 0.278 e. The summed E-state index contributed by atoms with van der Waals surface area (Å²) in [5, 5.41) is 4.04. The number of benzene rings is 1. The highest BCUT2D eigenvalue weighted by Crippen LogP contribution is 2.22. The van der Waals surface area contributed by atoms with E-state index in [0.29, 0.717) is 42.8 Å². The van der Waals surface area contributed by atoms with Crippen LogP contribution in [0.1, 0.15) is 25.3 Å². The van der Waals surface area contributed by atoms with Crippen molar-refractivity contribution in [3.63, 3.8) is 0 Å². The number of halogens is 2. The molecule has 0 bridgehead atoms. The van der Waals surface area contributed by atoms with Crippen LogP contribution in [0.4, 0.5) is 0 Å². The lowest BCUT2D eigenvalue weighted by atomic mass is 10.2. The Bertz CT molecular complexity index is 664. The van der Waals surface area contributed by atoms with E-state index in [0.717, 1.165) is 42.9 Å². The summed E-state index contributed by atoms with van der Waals surface area (Å²) in [4.78, 5) is 28.8. The number of carbonyl (C=O) groups is 2. The summed E-state index contributed by atoms with van der Waals surface area (Å²) in [6.07, 6.45) is 2.09. The summed E-state index contributed by atoms with van der Waals surface area (Å²) in [6.45, 7) is 7.55. The Morgan fingerprint density at radius 2 is 1.93 bits per heavy atom. The Kier molecular flexibility index (Phi) is 9.51. The summed E-state index contributed by atoms with van der Waals surface area (Å²) < 4.78 is 0. The van der Waals surface area contributed by atoms with E-state index in [1.54, 1.807) is 6.07 Å². The van der Waals surface area contributed by atoms with Crippen LogP contribution in [-0.2, 0) is 16.1 Å². The van der Waals surface area contributed by atoms with Crippen molar-refractivity contribution in [3.05, 3.63) is 33.8 Å². The Labute approximate surface area is 177 Å². The van der Waals surface area contributed by atoms with Crippen molar-refractivity contribution in [2.75, 3.05) is 52.9 Å². The average molecular weight is 431 g/mol. The lowest BCUT2D eigenvalue weighted by molar-refractivity contribution is -0.897. The summed E-state index contributed by atoms with van der Waals surface area (Å²) in [5.41, 5.74) is 1.06. The van der Waals surface area contributed by atoms with Gasteiger partial charge in [0.1, 0.15) is 6.54 Å². The predicted octanol–water partition coefficient (Wildman–Crippen LogP) is -0.348. The normalized spacial score (nSPS) is 16.1. The fourth-order valence-corrected chi connectivity index (χ4v) is 3.69. The monoisotopic (exact) mass is 430 g/mol. The molecule has 1 aliphatic rings. The molecule has 1 aliphatic heterocycles. The van der Waals surface area contributed by atoms with E-state index in [1.165, 1.54) is 4.90 Å². The first-order valence-corrected chi connectivity index (χ1v) is 10.8. The quantitative estimate of drug-likeness (QED) is 0.469. The van der Waals surface area contributed by atoms with Crippen LogP contribution in [0.3, 0.4) is 0 Å². The van der Waals surface area contributed by atoms with Crippen molar-refractivity contribution in [1.29, 1.82) is 0 Å². The van der Waals surface area contributed by atoms with Crippen molar-refractivity contribution >= 4 is 35.0 Å². The Morgan fingerprint density at radius 3 is 2.57 bits per heavy atom. The number of quaternary nitrogens is 2. The molecule has 0 spiro atoms. The number of nitrogens with one attached hydrogen (secondary N) is 3. The SMILES string of the molecule is CCCCNC(=O)C[NH+]1CCN(C(=O)C[NH+](C)Cc2ccc(Cl)c(Cl)c2)CC1. The van der Waals surface area contributed by atoms with Gasteiger partial charge in [-0.2, -0.15) is 0 Å². The zero-order chi connectivity index (χ0) is 20.5. The van der Waals surface area contributed by atoms with E-state index in [4.69, 9.17) is 23.2 Å². The molecule has 3 N–H and O–H groups in total. The standard InChI is InChI=1S/C20H30Cl2N4O2/c1-3-4-7-23-19(27)14-25-8-10-26(11-9-25)20(28)15-24(2)13-16-5-6-17(21)18(22)12-16/h5-6,12H,3-4,7-11,13-15H2,1-2H3,(H,23,27)/p+2. The molecule has 1 aromatic rings. The fraction of sp³-hybridized carbons (Fsp3) is 0.600. The molecule has 156 valence electrons. The van der Waals surface area contributed by atoms with Crippen molar-refractivity contribution in [1.82, 2.24) is 10.2 Å². The van der Waals surface area contributed by atoms with E-state index < -0.39 is 0 Å². The number of piperazine rings is 1. The van der Waals surface area contributed by atoms with Crippen LogP contribution in [0.5, 0.6) is 0 Å². The summed E-state index contributed by atoms with van der Waals surface area (Å²) in [7, 11) is 2.00. The number of rotatable bonds is 9. The molecule has 0 saturated carbocycles. The molecule has 8 heteroatoms. The van der Waals surface area contributed by atoms with E-state index in [9.17, 15) is 9.59 Å². The van der Waals surface area contributed by atoms with Crippen molar-refractivity contribution in [2.45, 2.75) is 26.3 Å². The molecule has 1 aromatic carbocycles. The number of unbranched alkanes of at least 4 members (excludes halogenated alkanes) is 1. The van der Waals surface area contributed by atoms with Gasteiger partial charge in [-0.15, -0.1) is 0 Å². The van der Waals surface area contributed by atoms with E-state index in [-0.39, 0.29) is 11.8 Å². The van der Waals surface area contributed by atoms with Crippen molar-refractivity contribution in [3.8, 4) is 0 Å². The molecule has 0 aromatic heterocycles. The van der Waals surface area contributed by atoms with Gasteiger partial charge in [-0.3, -0.25) is 9.59 Å². The maximum absolute atomic E-state index is 12.6. The van der Waals surface area contributed by atoms with Crippen LogP contribution < -0.4 is 15.1 Å². The lowest BCUT2D eigenvalue weighted by Crippen LogP contribution is -3.16. The Balaban J connectivity index is 1.71. The predicted molar refractivity (Wildman–Crippen MR) is 112 cm³/mol. The van der Waals surface area contributed by atoms with Gasteiger partial charge in [0, 0.05) is 12.1 Å². The first-order valence-electron chi connectivity index (χ1n) is 10.0. The number of amides is 2. The third kappa shape index (κ3) is 7.59. The zero-order valence-corrected chi connectivity index (χ0v) is 18.3. The molecule has 6 nitrogen and oxygen atoms in total. The third-order valence-electron chi connectivity index (χ3n) is 5.03. The van der Waals surface area contributed by atoms with Gasteiger partial charge in [0.15, 0.2) is 13.1 Å². The van der Waals surface area contributed by atoms with E-state index in [1.807, 2.05) is 24.1 Å². The molecular weight excluding hydrogens is 399 g/mol. The highest BCUT2D eigenvalue weighted by Gasteiger charge is 2.26. The van der Waals surface area contributed by atoms with Gasteiger partial charge in [0.05, 0.1) is 43.3 Å². The molecule has 1 heterocycles. The van der Waals surface area contributed by atoms with Crippen LogP contribution in [0.2, 0.25) is 10.0 Å². The minimum Gasteiger partial charge on any atom is -0.351 e. The van der Waals surface area contributed by atoms with Gasteiger partial charge >= 0.3 is 0 Å². The van der Waals surface area contributed by atoms with Crippen LogP contribution in [-0.4, -0.2) is 69.6 Å². The molecular formula is C20H32Cl2N4O2+2. The Morgan fingerprint density at radius 1 is 1.21 bits per heavy atom.